The number of allylic oxidation sites excluding steroid dienone is 1. The van der Waals surface area contributed by atoms with Gasteiger partial charge in [0.2, 0.25) is 0 Å². The van der Waals surface area contributed by atoms with E-state index in [2.05, 4.69) is 37.6 Å². The second kappa shape index (κ2) is 33.0. The highest BCUT2D eigenvalue weighted by molar-refractivity contribution is 5.89. The van der Waals surface area contributed by atoms with Crippen LogP contribution in [0, 0.1) is 11.3 Å². The van der Waals surface area contributed by atoms with Crippen molar-refractivity contribution in [3.63, 3.8) is 0 Å². The Morgan fingerprint density at radius 1 is 0.667 bits per heavy atom. The molecule has 0 aromatic rings. The molecular formula is C46H84N2O6. The topological polar surface area (TPSA) is 94.5 Å². The predicted octanol–water partition coefficient (Wildman–Crippen LogP) is 12.1. The molecule has 1 unspecified atom stereocenters. The molecule has 0 radical (unpaired) electrons. The van der Waals surface area contributed by atoms with Crippen molar-refractivity contribution < 1.29 is 28.6 Å². The first-order valence-corrected chi connectivity index (χ1v) is 22.6. The molecule has 54 heavy (non-hydrogen) atoms. The van der Waals surface area contributed by atoms with Crippen molar-refractivity contribution in [2.45, 2.75) is 215 Å². The van der Waals surface area contributed by atoms with Gasteiger partial charge >= 0.3 is 17.9 Å². The fourth-order valence-corrected chi connectivity index (χ4v) is 7.98. The van der Waals surface area contributed by atoms with Crippen LogP contribution in [0.4, 0.5) is 0 Å². The van der Waals surface area contributed by atoms with Crippen molar-refractivity contribution >= 4 is 24.1 Å². The predicted molar refractivity (Wildman–Crippen MR) is 225 cm³/mol. The first-order valence-electron chi connectivity index (χ1n) is 22.6. The Morgan fingerprint density at radius 2 is 1.22 bits per heavy atom. The molecule has 8 heteroatoms. The van der Waals surface area contributed by atoms with Gasteiger partial charge in [-0.2, -0.15) is 0 Å². The van der Waals surface area contributed by atoms with Crippen molar-refractivity contribution in [1.82, 2.24) is 4.90 Å². The number of unbranched alkanes of at least 4 members (excludes halogenated alkanes) is 12. The van der Waals surface area contributed by atoms with Crippen molar-refractivity contribution in [2.75, 3.05) is 32.8 Å². The third-order valence-electron chi connectivity index (χ3n) is 11.5. The molecule has 8 nitrogen and oxygen atoms in total. The lowest BCUT2D eigenvalue weighted by Gasteiger charge is -2.32. The Balaban J connectivity index is 2.35. The first-order chi connectivity index (χ1) is 26.2. The Kier molecular flexibility index (Phi) is 30.4. The molecular weight excluding hydrogens is 677 g/mol. The quantitative estimate of drug-likeness (QED) is 0.0209. The van der Waals surface area contributed by atoms with E-state index in [1.807, 2.05) is 0 Å². The maximum absolute atomic E-state index is 12.6. The first kappa shape index (κ1) is 49.8. The van der Waals surface area contributed by atoms with Gasteiger partial charge in [-0.15, -0.1) is 0 Å². The summed E-state index contributed by atoms with van der Waals surface area (Å²) in [5.74, 6) is 0.236. The summed E-state index contributed by atoms with van der Waals surface area (Å²) in [6.07, 6.45) is 31.8. The van der Waals surface area contributed by atoms with Gasteiger partial charge in [0.15, 0.2) is 0 Å². The van der Waals surface area contributed by atoms with E-state index in [1.54, 1.807) is 26.1 Å². The molecule has 0 bridgehead atoms. The minimum atomic E-state index is -0.381. The summed E-state index contributed by atoms with van der Waals surface area (Å²) in [5.41, 5.74) is 0.497. The maximum Gasteiger partial charge on any atom is 0.356 e. The number of carbonyl (C=O) groups is 3. The fraction of sp³-hybridized carbons (Fsp3) is 0.870. The molecule has 0 aromatic heterocycles. The highest BCUT2D eigenvalue weighted by Crippen LogP contribution is 2.43. The minimum absolute atomic E-state index is 0.0315. The molecule has 1 aliphatic rings. The summed E-state index contributed by atoms with van der Waals surface area (Å²) in [6.45, 7) is 16.1. The van der Waals surface area contributed by atoms with Gasteiger partial charge in [-0.25, -0.2) is 4.79 Å². The molecule has 0 aromatic carbocycles. The highest BCUT2D eigenvalue weighted by atomic mass is 16.5. The molecule has 0 spiro atoms. The number of ether oxygens (including phenoxy) is 3. The third kappa shape index (κ3) is 24.3. The number of hydrogen-bond donors (Lipinski definition) is 0. The van der Waals surface area contributed by atoms with Crippen LogP contribution in [0.25, 0.3) is 0 Å². The van der Waals surface area contributed by atoms with Crippen molar-refractivity contribution in [1.29, 1.82) is 0 Å². The molecule has 0 aliphatic heterocycles. The fourth-order valence-electron chi connectivity index (χ4n) is 7.98. The van der Waals surface area contributed by atoms with E-state index < -0.39 is 0 Å². The zero-order valence-electron chi connectivity index (χ0n) is 36.1. The van der Waals surface area contributed by atoms with Crippen LogP contribution in [0.5, 0.6) is 0 Å². The average Bonchev–Trinajstić information content (AvgIpc) is 3.61. The molecule has 0 saturated heterocycles. The smallest absolute Gasteiger partial charge is 0.356 e. The number of aliphatic imine (C=N–C) groups is 1. The summed E-state index contributed by atoms with van der Waals surface area (Å²) in [7, 11) is 0. The van der Waals surface area contributed by atoms with E-state index in [9.17, 15) is 14.4 Å². The summed E-state index contributed by atoms with van der Waals surface area (Å²) >= 11 is 0. The number of hydrogen-bond acceptors (Lipinski definition) is 8. The zero-order valence-corrected chi connectivity index (χ0v) is 36.1. The van der Waals surface area contributed by atoms with Gasteiger partial charge in [0.1, 0.15) is 18.4 Å². The second-order valence-electron chi connectivity index (χ2n) is 16.2. The van der Waals surface area contributed by atoms with Gasteiger partial charge in [-0.1, -0.05) is 137 Å². The van der Waals surface area contributed by atoms with E-state index in [0.29, 0.717) is 44.2 Å². The summed E-state index contributed by atoms with van der Waals surface area (Å²) < 4.78 is 17.1. The highest BCUT2D eigenvalue weighted by Gasteiger charge is 2.38. The molecule has 1 fully saturated rings. The van der Waals surface area contributed by atoms with Gasteiger partial charge in [-0.3, -0.25) is 19.5 Å². The lowest BCUT2D eigenvalue weighted by atomic mass is 9.81. The van der Waals surface area contributed by atoms with Crippen LogP contribution in [-0.4, -0.2) is 68.0 Å². The molecule has 1 rings (SSSR count). The average molecular weight is 761 g/mol. The van der Waals surface area contributed by atoms with Crippen LogP contribution >= 0.6 is 0 Å². The standard InChI is InChI=1S/C46H84N2O6/c1-7-12-20-28-40(29-21-13-8-2)32-38-52-43(49)30-22-16-14-18-26-35-48(37-39-53-45(51)41(9-3)47-11-5)36-27-19-15-17-23-31-44(50)54-42(10-4)46(6)33-24-25-34-46/h9,11,40,42H,7-8,10,12-39H2,1-6H3/b41-9-,47-11?. The van der Waals surface area contributed by atoms with Crippen LogP contribution in [0.2, 0.25) is 0 Å². The molecule has 1 aliphatic carbocycles. The SMILES string of the molecule is CC=N/C(=C\C)C(=O)OCCN(CCCCCCCC(=O)OCCC(CCCCC)CCCCC)CCCCCCCC(=O)OC(CC)C1(C)CCCC1. The van der Waals surface area contributed by atoms with Crippen LogP contribution < -0.4 is 0 Å². The number of nitrogens with zero attached hydrogens (tertiary/aromatic N) is 2. The van der Waals surface area contributed by atoms with E-state index in [0.717, 1.165) is 90.1 Å². The van der Waals surface area contributed by atoms with Crippen LogP contribution in [0.3, 0.4) is 0 Å². The Bertz CT molecular complexity index is 1010. The summed E-state index contributed by atoms with van der Waals surface area (Å²) in [5, 5.41) is 0. The molecule has 0 amide bonds. The van der Waals surface area contributed by atoms with Gasteiger partial charge in [0.25, 0.3) is 0 Å². The lowest BCUT2D eigenvalue weighted by molar-refractivity contribution is -0.156. The largest absolute Gasteiger partial charge is 0.466 e. The Hall–Kier alpha value is -2.22. The summed E-state index contributed by atoms with van der Waals surface area (Å²) in [4.78, 5) is 43.9. The second-order valence-corrected chi connectivity index (χ2v) is 16.2. The minimum Gasteiger partial charge on any atom is -0.466 e. The molecule has 0 heterocycles. The molecule has 1 saturated carbocycles. The normalized spacial score (nSPS) is 15.0. The van der Waals surface area contributed by atoms with E-state index in [-0.39, 0.29) is 29.4 Å². The van der Waals surface area contributed by atoms with Gasteiger partial charge in [0.05, 0.1) is 6.61 Å². The number of esters is 3. The Labute approximate surface area is 332 Å². The van der Waals surface area contributed by atoms with Crippen molar-refractivity contribution in [3.05, 3.63) is 11.8 Å². The maximum atomic E-state index is 12.6. The number of carbonyl (C=O) groups excluding carboxylic acids is 3. The monoisotopic (exact) mass is 761 g/mol. The van der Waals surface area contributed by atoms with Crippen LogP contribution in [0.1, 0.15) is 208 Å². The number of rotatable bonds is 35. The van der Waals surface area contributed by atoms with Gasteiger partial charge in [-0.05, 0) is 84.2 Å². The van der Waals surface area contributed by atoms with Crippen molar-refractivity contribution in [3.8, 4) is 0 Å². The van der Waals surface area contributed by atoms with E-state index in [4.69, 9.17) is 14.2 Å². The van der Waals surface area contributed by atoms with Gasteiger partial charge < -0.3 is 14.2 Å². The molecule has 1 atom stereocenters. The van der Waals surface area contributed by atoms with Crippen LogP contribution in [0.15, 0.2) is 16.8 Å². The van der Waals surface area contributed by atoms with E-state index >= 15 is 0 Å². The van der Waals surface area contributed by atoms with Gasteiger partial charge in [0, 0.05) is 31.0 Å². The Morgan fingerprint density at radius 3 is 1.76 bits per heavy atom. The van der Waals surface area contributed by atoms with E-state index in [1.165, 1.54) is 77.0 Å². The zero-order chi connectivity index (χ0) is 39.7. The third-order valence-corrected chi connectivity index (χ3v) is 11.5. The lowest BCUT2D eigenvalue weighted by Crippen LogP contribution is -2.33. The molecule has 314 valence electrons. The van der Waals surface area contributed by atoms with Crippen molar-refractivity contribution in [2.24, 2.45) is 16.3 Å². The van der Waals surface area contributed by atoms with Crippen LogP contribution in [-0.2, 0) is 28.6 Å². The molecule has 0 N–H and O–H groups in total. The summed E-state index contributed by atoms with van der Waals surface area (Å²) in [6, 6.07) is 0.